The minimum atomic E-state index is -0.179. The van der Waals surface area contributed by atoms with E-state index in [1.807, 2.05) is 13.8 Å². The van der Waals surface area contributed by atoms with Crippen LogP contribution in [0.15, 0.2) is 4.52 Å². The van der Waals surface area contributed by atoms with Crippen molar-refractivity contribution in [2.75, 3.05) is 6.61 Å². The summed E-state index contributed by atoms with van der Waals surface area (Å²) in [6.07, 6.45) is 0.941. The van der Waals surface area contributed by atoms with E-state index in [0.717, 1.165) is 0 Å². The summed E-state index contributed by atoms with van der Waals surface area (Å²) in [5.74, 6) is 1.39. The monoisotopic (exact) mass is 265 g/mol. The van der Waals surface area contributed by atoms with Gasteiger partial charge in [0, 0.05) is 19.4 Å². The van der Waals surface area contributed by atoms with Gasteiger partial charge in [0.2, 0.25) is 11.7 Å². The van der Waals surface area contributed by atoms with Gasteiger partial charge in [0.05, 0.1) is 6.07 Å². The molecular weight excluding hydrogens is 242 g/mol. The lowest BCUT2D eigenvalue weighted by molar-refractivity contribution is -0.0203. The van der Waals surface area contributed by atoms with Crippen molar-refractivity contribution in [3.05, 3.63) is 11.7 Å². The molecule has 0 spiro atoms. The molecule has 5 heteroatoms. The van der Waals surface area contributed by atoms with Crippen LogP contribution in [0.25, 0.3) is 0 Å². The topological polar surface area (TPSA) is 71.9 Å². The van der Waals surface area contributed by atoms with Gasteiger partial charge in [-0.05, 0) is 18.3 Å². The van der Waals surface area contributed by atoms with Gasteiger partial charge in [0.25, 0.3) is 0 Å². The van der Waals surface area contributed by atoms with Crippen molar-refractivity contribution in [2.45, 2.75) is 53.6 Å². The second kappa shape index (κ2) is 6.67. The predicted octanol–water partition coefficient (Wildman–Crippen LogP) is 3.29. The lowest BCUT2D eigenvalue weighted by atomic mass is 9.88. The number of ether oxygens (including phenoxy) is 1. The highest BCUT2D eigenvalue weighted by atomic mass is 16.5. The van der Waals surface area contributed by atoms with Crippen molar-refractivity contribution >= 4 is 0 Å². The first-order chi connectivity index (χ1) is 8.88. The molecule has 0 aliphatic rings. The van der Waals surface area contributed by atoms with E-state index in [0.29, 0.717) is 31.2 Å². The van der Waals surface area contributed by atoms with Crippen molar-refractivity contribution in [1.29, 1.82) is 5.26 Å². The fraction of sp³-hybridized carbons (Fsp3) is 0.786. The molecule has 19 heavy (non-hydrogen) atoms. The van der Waals surface area contributed by atoms with Crippen LogP contribution in [-0.4, -0.2) is 16.7 Å². The molecule has 5 nitrogen and oxygen atoms in total. The molecule has 0 N–H and O–H groups in total. The molecule has 1 rings (SSSR count). The van der Waals surface area contributed by atoms with Gasteiger partial charge in [-0.15, -0.1) is 0 Å². The molecule has 0 aromatic carbocycles. The van der Waals surface area contributed by atoms with Crippen molar-refractivity contribution in [1.82, 2.24) is 10.1 Å². The lowest BCUT2D eigenvalue weighted by Gasteiger charge is -2.27. The third kappa shape index (κ3) is 4.64. The number of nitriles is 1. The Bertz CT molecular complexity index is 429. The molecule has 0 amide bonds. The maximum atomic E-state index is 8.65. The van der Waals surface area contributed by atoms with Crippen LogP contribution in [0.3, 0.4) is 0 Å². The third-order valence-corrected chi connectivity index (χ3v) is 2.80. The minimum absolute atomic E-state index is 0.0879. The standard InChI is InChI=1S/C14H23N3O2/c1-6-18-12(14(3,4)5)13-16-11(19-17-13)9-10(2)7-8-15/h10,12H,6-7,9H2,1-5H3. The number of hydrogen-bond acceptors (Lipinski definition) is 5. The SMILES string of the molecule is CCOC(c1noc(CC(C)CC#N)n1)C(C)(C)C. The van der Waals surface area contributed by atoms with Crippen LogP contribution in [0, 0.1) is 22.7 Å². The Labute approximate surface area is 115 Å². The highest BCUT2D eigenvalue weighted by molar-refractivity contribution is 4.97. The van der Waals surface area contributed by atoms with E-state index in [1.54, 1.807) is 0 Å². The molecule has 0 saturated heterocycles. The molecule has 106 valence electrons. The second-order valence-corrected chi connectivity index (χ2v) is 5.92. The van der Waals surface area contributed by atoms with Gasteiger partial charge in [-0.2, -0.15) is 10.2 Å². The Hall–Kier alpha value is -1.41. The van der Waals surface area contributed by atoms with E-state index in [1.165, 1.54) is 0 Å². The quantitative estimate of drug-likeness (QED) is 0.789. The summed E-state index contributed by atoms with van der Waals surface area (Å²) >= 11 is 0. The largest absolute Gasteiger partial charge is 0.370 e. The molecule has 2 unspecified atom stereocenters. The molecule has 1 aromatic rings. The Balaban J connectivity index is 2.79. The molecule has 0 aliphatic carbocycles. The van der Waals surface area contributed by atoms with Gasteiger partial charge < -0.3 is 9.26 Å². The Morgan fingerprint density at radius 1 is 1.42 bits per heavy atom. The van der Waals surface area contributed by atoms with Crippen molar-refractivity contribution in [2.24, 2.45) is 11.3 Å². The van der Waals surface area contributed by atoms with Gasteiger partial charge in [-0.3, -0.25) is 0 Å². The Morgan fingerprint density at radius 3 is 2.63 bits per heavy atom. The van der Waals surface area contributed by atoms with Crippen LogP contribution in [0.1, 0.15) is 58.9 Å². The number of nitrogens with zero attached hydrogens (tertiary/aromatic N) is 3. The van der Waals surface area contributed by atoms with Crippen LogP contribution in [0.5, 0.6) is 0 Å². The van der Waals surface area contributed by atoms with Crippen molar-refractivity contribution < 1.29 is 9.26 Å². The fourth-order valence-corrected chi connectivity index (χ4v) is 1.86. The minimum Gasteiger partial charge on any atom is -0.370 e. The zero-order valence-electron chi connectivity index (χ0n) is 12.4. The van der Waals surface area contributed by atoms with Crippen LogP contribution >= 0.6 is 0 Å². The first-order valence-electron chi connectivity index (χ1n) is 6.69. The molecule has 1 aromatic heterocycles. The maximum Gasteiger partial charge on any atom is 0.227 e. The smallest absolute Gasteiger partial charge is 0.227 e. The molecule has 0 fully saturated rings. The van der Waals surface area contributed by atoms with Crippen molar-refractivity contribution in [3.63, 3.8) is 0 Å². The lowest BCUT2D eigenvalue weighted by Crippen LogP contribution is -2.22. The molecule has 0 saturated carbocycles. The van der Waals surface area contributed by atoms with Crippen LogP contribution < -0.4 is 0 Å². The molecule has 0 radical (unpaired) electrons. The normalized spacial score (nSPS) is 14.9. The third-order valence-electron chi connectivity index (χ3n) is 2.80. The number of aromatic nitrogens is 2. The zero-order chi connectivity index (χ0) is 14.5. The summed E-state index contributed by atoms with van der Waals surface area (Å²) in [4.78, 5) is 4.41. The summed E-state index contributed by atoms with van der Waals surface area (Å²) in [6, 6.07) is 2.15. The first kappa shape index (κ1) is 15.6. The van der Waals surface area contributed by atoms with Gasteiger partial charge in [0.1, 0.15) is 6.10 Å². The molecule has 0 bridgehead atoms. The van der Waals surface area contributed by atoms with E-state index >= 15 is 0 Å². The van der Waals surface area contributed by atoms with Gasteiger partial charge in [-0.1, -0.05) is 32.9 Å². The molecule has 2 atom stereocenters. The second-order valence-electron chi connectivity index (χ2n) is 5.92. The summed E-state index contributed by atoms with van der Waals surface area (Å²) in [5, 5.41) is 12.7. The highest BCUT2D eigenvalue weighted by Gasteiger charge is 2.31. The summed E-state index contributed by atoms with van der Waals surface area (Å²) in [7, 11) is 0. The van der Waals surface area contributed by atoms with E-state index in [-0.39, 0.29) is 17.4 Å². The van der Waals surface area contributed by atoms with Gasteiger partial charge in [0.15, 0.2) is 0 Å². The molecular formula is C14H23N3O2. The first-order valence-corrected chi connectivity index (χ1v) is 6.69. The summed E-state index contributed by atoms with van der Waals surface area (Å²) in [6.45, 7) is 10.8. The van der Waals surface area contributed by atoms with E-state index in [9.17, 15) is 0 Å². The number of rotatable bonds is 6. The molecule has 0 aliphatic heterocycles. The van der Waals surface area contributed by atoms with Gasteiger partial charge >= 0.3 is 0 Å². The van der Waals surface area contributed by atoms with Gasteiger partial charge in [-0.25, -0.2) is 0 Å². The summed E-state index contributed by atoms with van der Waals surface area (Å²) in [5.41, 5.74) is -0.0879. The van der Waals surface area contributed by atoms with Crippen LogP contribution in [0.4, 0.5) is 0 Å². The van der Waals surface area contributed by atoms with Crippen molar-refractivity contribution in [3.8, 4) is 6.07 Å². The Morgan fingerprint density at radius 2 is 2.11 bits per heavy atom. The number of hydrogen-bond donors (Lipinski definition) is 0. The molecule has 1 heterocycles. The maximum absolute atomic E-state index is 8.65. The fourth-order valence-electron chi connectivity index (χ4n) is 1.86. The van der Waals surface area contributed by atoms with E-state index < -0.39 is 0 Å². The highest BCUT2D eigenvalue weighted by Crippen LogP contribution is 2.34. The van der Waals surface area contributed by atoms with Crippen LogP contribution in [-0.2, 0) is 11.2 Å². The van der Waals surface area contributed by atoms with E-state index in [2.05, 4.69) is 37.0 Å². The average molecular weight is 265 g/mol. The predicted molar refractivity (Wildman–Crippen MR) is 71.2 cm³/mol. The Kier molecular flexibility index (Phi) is 5.49. The van der Waals surface area contributed by atoms with Crippen LogP contribution in [0.2, 0.25) is 0 Å². The van der Waals surface area contributed by atoms with E-state index in [4.69, 9.17) is 14.5 Å². The summed E-state index contributed by atoms with van der Waals surface area (Å²) < 4.78 is 11.0. The average Bonchev–Trinajstić information content (AvgIpc) is 2.72. The zero-order valence-corrected chi connectivity index (χ0v) is 12.4.